The van der Waals surface area contributed by atoms with E-state index >= 15 is 0 Å². The number of carboxylic acid groups (broad SMARTS) is 2. The topological polar surface area (TPSA) is 191 Å². The third kappa shape index (κ3) is 5.37. The fraction of sp³-hybridized carbons (Fsp3) is 0.227. The molecule has 12 nitrogen and oxygen atoms in total. The molecule has 0 saturated heterocycles. The number of hydrogen-bond donors (Lipinski definition) is 4. The maximum atomic E-state index is 13.3. The summed E-state index contributed by atoms with van der Waals surface area (Å²) in [6.07, 6.45) is 0. The first kappa shape index (κ1) is 26.8. The number of aryl methyl sites for hydroxylation is 1. The van der Waals surface area contributed by atoms with Crippen LogP contribution in [0.25, 0.3) is 5.69 Å². The van der Waals surface area contributed by atoms with Gasteiger partial charge in [0.2, 0.25) is 0 Å². The van der Waals surface area contributed by atoms with E-state index in [0.717, 1.165) is 28.9 Å². The predicted molar refractivity (Wildman–Crippen MR) is 129 cm³/mol. The third-order valence-corrected chi connectivity index (χ3v) is 6.35. The molecule has 36 heavy (non-hydrogen) atoms. The molecule has 1 aromatic heterocycles. The van der Waals surface area contributed by atoms with E-state index in [-0.39, 0.29) is 38.9 Å². The Morgan fingerprint density at radius 1 is 1.00 bits per heavy atom. The molecule has 190 valence electrons. The van der Waals surface area contributed by atoms with Crippen molar-refractivity contribution in [3.63, 3.8) is 0 Å². The molecule has 4 N–H and O–H groups in total. The summed E-state index contributed by atoms with van der Waals surface area (Å²) in [5.41, 5.74) is -2.33. The molecular weight excluding hydrogens is 516 g/mol. The number of carbonyl (C=O) groups is 2. The van der Waals surface area contributed by atoms with Gasteiger partial charge in [-0.2, -0.15) is 8.42 Å². The molecule has 1 heterocycles. The van der Waals surface area contributed by atoms with Crippen LogP contribution < -0.4 is 5.56 Å². The highest BCUT2D eigenvalue weighted by Gasteiger charge is 2.27. The zero-order valence-electron chi connectivity index (χ0n) is 19.4. The third-order valence-electron chi connectivity index (χ3n) is 5.06. The summed E-state index contributed by atoms with van der Waals surface area (Å²) in [7, 11) is -4.70. The van der Waals surface area contributed by atoms with Crippen LogP contribution in [0.1, 0.15) is 52.7 Å². The van der Waals surface area contributed by atoms with Gasteiger partial charge in [0.1, 0.15) is 10.6 Å². The normalized spacial score (nSPS) is 12.3. The van der Waals surface area contributed by atoms with Gasteiger partial charge in [-0.1, -0.05) is 32.4 Å². The van der Waals surface area contributed by atoms with Crippen LogP contribution in [0.2, 0.25) is 5.02 Å². The number of hydrogen-bond acceptors (Lipinski definition) is 7. The van der Waals surface area contributed by atoms with E-state index in [9.17, 15) is 37.6 Å². The maximum absolute atomic E-state index is 13.3. The van der Waals surface area contributed by atoms with Gasteiger partial charge >= 0.3 is 11.9 Å². The summed E-state index contributed by atoms with van der Waals surface area (Å²) < 4.78 is 34.1. The summed E-state index contributed by atoms with van der Waals surface area (Å²) in [4.78, 5) is 35.7. The lowest BCUT2D eigenvalue weighted by Crippen LogP contribution is -2.16. The molecule has 3 aromatic rings. The minimum absolute atomic E-state index is 0.0822. The molecule has 0 aliphatic carbocycles. The monoisotopic (exact) mass is 536 g/mol. The first-order valence-corrected chi connectivity index (χ1v) is 12.0. The lowest BCUT2D eigenvalue weighted by molar-refractivity contribution is 0.0696. The van der Waals surface area contributed by atoms with Crippen molar-refractivity contribution in [2.24, 2.45) is 10.2 Å². The van der Waals surface area contributed by atoms with E-state index < -0.39 is 37.9 Å². The molecule has 2 aromatic carbocycles. The van der Waals surface area contributed by atoms with Gasteiger partial charge in [-0.05, 0) is 42.8 Å². The fourth-order valence-electron chi connectivity index (χ4n) is 3.25. The largest absolute Gasteiger partial charge is 0.478 e. The van der Waals surface area contributed by atoms with E-state index in [0.29, 0.717) is 5.56 Å². The number of benzene rings is 2. The minimum atomic E-state index is -4.70. The number of nitrogens with one attached hydrogen (secondary N) is 1. The van der Waals surface area contributed by atoms with Crippen LogP contribution in [0.4, 0.5) is 11.4 Å². The first-order valence-electron chi connectivity index (χ1n) is 10.2. The number of aromatic carboxylic acids is 2. The second-order valence-electron chi connectivity index (χ2n) is 8.85. The Hall–Kier alpha value is -3.81. The van der Waals surface area contributed by atoms with Crippen LogP contribution in [0, 0.1) is 6.92 Å². The van der Waals surface area contributed by atoms with Gasteiger partial charge in [0.05, 0.1) is 22.5 Å². The van der Waals surface area contributed by atoms with Gasteiger partial charge in [0.25, 0.3) is 15.7 Å². The van der Waals surface area contributed by atoms with Crippen LogP contribution in [0.15, 0.2) is 50.3 Å². The molecule has 0 aliphatic rings. The number of H-pyrrole nitrogens is 1. The number of carboxylic acids is 2. The van der Waals surface area contributed by atoms with Crippen molar-refractivity contribution in [3.8, 4) is 5.69 Å². The highest BCUT2D eigenvalue weighted by Crippen LogP contribution is 2.34. The quantitative estimate of drug-likeness (QED) is 0.261. The van der Waals surface area contributed by atoms with Crippen LogP contribution in [0.3, 0.4) is 0 Å². The zero-order valence-corrected chi connectivity index (χ0v) is 21.0. The number of halogens is 1. The van der Waals surface area contributed by atoms with E-state index in [2.05, 4.69) is 15.3 Å². The molecule has 0 saturated carbocycles. The maximum Gasteiger partial charge on any atom is 0.335 e. The van der Waals surface area contributed by atoms with Crippen molar-refractivity contribution in [2.45, 2.75) is 38.0 Å². The Morgan fingerprint density at radius 2 is 1.56 bits per heavy atom. The summed E-state index contributed by atoms with van der Waals surface area (Å²) in [6, 6.07) is 5.44. The van der Waals surface area contributed by atoms with Crippen LogP contribution in [0.5, 0.6) is 0 Å². The van der Waals surface area contributed by atoms with Gasteiger partial charge in [-0.3, -0.25) is 14.4 Å². The molecule has 0 bridgehead atoms. The predicted octanol–water partition coefficient (Wildman–Crippen LogP) is 4.48. The minimum Gasteiger partial charge on any atom is -0.478 e. The molecule has 3 rings (SSSR count). The average Bonchev–Trinajstić information content (AvgIpc) is 3.09. The van der Waals surface area contributed by atoms with Gasteiger partial charge in [0.15, 0.2) is 5.69 Å². The van der Waals surface area contributed by atoms with Crippen molar-refractivity contribution in [3.05, 3.63) is 68.1 Å². The molecule has 0 radical (unpaired) electrons. The summed E-state index contributed by atoms with van der Waals surface area (Å²) >= 11 is 6.07. The Bertz CT molecular complexity index is 1560. The highest BCUT2D eigenvalue weighted by molar-refractivity contribution is 7.86. The Kier molecular flexibility index (Phi) is 6.94. The van der Waals surface area contributed by atoms with E-state index in [1.54, 1.807) is 20.8 Å². The number of nitrogens with zero attached hydrogens (tertiary/aromatic N) is 3. The van der Waals surface area contributed by atoms with Crippen molar-refractivity contribution in [1.29, 1.82) is 0 Å². The lowest BCUT2D eigenvalue weighted by atomic mass is 9.91. The van der Waals surface area contributed by atoms with Crippen LogP contribution in [-0.4, -0.2) is 44.9 Å². The molecule has 0 aliphatic heterocycles. The average molecular weight is 537 g/mol. The number of aromatic nitrogens is 2. The molecule has 14 heteroatoms. The molecule has 0 spiro atoms. The molecule has 0 fully saturated rings. The van der Waals surface area contributed by atoms with Crippen LogP contribution >= 0.6 is 11.6 Å². The molecule has 0 unspecified atom stereocenters. The molecular formula is C22H21ClN4O8S. The second kappa shape index (κ2) is 9.33. The Morgan fingerprint density at radius 3 is 2.03 bits per heavy atom. The number of aromatic amines is 1. The van der Waals surface area contributed by atoms with Crippen LogP contribution in [-0.2, 0) is 15.5 Å². The van der Waals surface area contributed by atoms with Gasteiger partial charge in [-0.15, -0.1) is 10.2 Å². The smallest absolute Gasteiger partial charge is 0.335 e. The molecule has 0 amide bonds. The summed E-state index contributed by atoms with van der Waals surface area (Å²) in [5.74, 6) is -2.80. The van der Waals surface area contributed by atoms with Crippen molar-refractivity contribution < 1.29 is 32.8 Å². The van der Waals surface area contributed by atoms with Gasteiger partial charge in [0, 0.05) is 10.4 Å². The lowest BCUT2D eigenvalue weighted by Gasteiger charge is -2.16. The SMILES string of the molecule is Cc1cc(S(=O)(=O)O)c(N=Nc2c(C(C)(C)C)[nH]n(-c3cc(C(=O)O)cc(C(=O)O)c3)c2=O)cc1Cl. The van der Waals surface area contributed by atoms with Crippen molar-refractivity contribution >= 4 is 45.0 Å². The highest BCUT2D eigenvalue weighted by atomic mass is 35.5. The number of azo groups is 1. The Balaban J connectivity index is 2.28. The van der Waals surface area contributed by atoms with Gasteiger partial charge < -0.3 is 10.2 Å². The second-order valence-corrected chi connectivity index (χ2v) is 10.6. The standard InChI is InChI=1S/C22H21ClN4O8S/c1-10-5-16(36(33,34)35)15(9-14(10)23)24-25-17-18(22(2,3)4)26-27(19(17)28)13-7-11(20(29)30)6-12(8-13)21(31)32/h5-9,26H,1-4H3,(H,29,30)(H,31,32)(H,33,34,35). The summed E-state index contributed by atoms with van der Waals surface area (Å²) in [6.45, 7) is 6.75. The molecule has 0 atom stereocenters. The summed E-state index contributed by atoms with van der Waals surface area (Å²) in [5, 5.41) is 29.5. The number of rotatable bonds is 6. The first-order chi connectivity index (χ1) is 16.5. The van der Waals surface area contributed by atoms with E-state index in [1.807, 2.05) is 0 Å². The Labute approximate surface area is 209 Å². The fourth-order valence-corrected chi connectivity index (χ4v) is 4.09. The van der Waals surface area contributed by atoms with E-state index in [1.165, 1.54) is 13.0 Å². The zero-order chi connectivity index (χ0) is 27.2. The van der Waals surface area contributed by atoms with Gasteiger partial charge in [-0.25, -0.2) is 14.3 Å². The van der Waals surface area contributed by atoms with E-state index in [4.69, 9.17) is 11.6 Å². The van der Waals surface area contributed by atoms with Crippen molar-refractivity contribution in [1.82, 2.24) is 9.78 Å². The van der Waals surface area contributed by atoms with Crippen molar-refractivity contribution in [2.75, 3.05) is 0 Å².